The molecule has 106 valence electrons. The number of rotatable bonds is 5. The lowest BCUT2D eigenvalue weighted by atomic mass is 10.0. The van der Waals surface area contributed by atoms with Gasteiger partial charge in [0.05, 0.1) is 4.83 Å². The summed E-state index contributed by atoms with van der Waals surface area (Å²) < 4.78 is 0. The highest BCUT2D eigenvalue weighted by Crippen LogP contribution is 2.20. The molecule has 0 aromatic rings. The zero-order valence-electron chi connectivity index (χ0n) is 12.2. The van der Waals surface area contributed by atoms with E-state index in [4.69, 9.17) is 0 Å². The summed E-state index contributed by atoms with van der Waals surface area (Å²) in [5, 5.41) is 0. The number of alkyl halides is 1. The van der Waals surface area contributed by atoms with E-state index in [0.717, 1.165) is 25.9 Å². The SMILES string of the molecule is CCCN1CCC(N(C)C(=O)C(Br)C(C)C)CC1. The zero-order valence-corrected chi connectivity index (χ0v) is 13.7. The Morgan fingerprint density at radius 2 is 1.94 bits per heavy atom. The molecule has 0 radical (unpaired) electrons. The Labute approximate surface area is 120 Å². The molecule has 0 bridgehead atoms. The minimum atomic E-state index is -0.0452. The van der Waals surface area contributed by atoms with E-state index >= 15 is 0 Å². The number of hydrogen-bond acceptors (Lipinski definition) is 2. The molecule has 1 heterocycles. The number of carbonyl (C=O) groups is 1. The van der Waals surface area contributed by atoms with E-state index in [9.17, 15) is 4.79 Å². The number of amides is 1. The lowest BCUT2D eigenvalue weighted by Crippen LogP contribution is -2.48. The van der Waals surface area contributed by atoms with Gasteiger partial charge >= 0.3 is 0 Å². The second-order valence-corrected chi connectivity index (χ2v) is 6.65. The lowest BCUT2D eigenvalue weighted by molar-refractivity contribution is -0.132. The highest BCUT2D eigenvalue weighted by atomic mass is 79.9. The molecular formula is C14H27BrN2O. The Kier molecular flexibility index (Phi) is 6.64. The molecular weight excluding hydrogens is 292 g/mol. The van der Waals surface area contributed by atoms with Crippen molar-refractivity contribution >= 4 is 21.8 Å². The van der Waals surface area contributed by atoms with Crippen LogP contribution in [0.25, 0.3) is 0 Å². The Morgan fingerprint density at radius 3 is 2.39 bits per heavy atom. The van der Waals surface area contributed by atoms with Gasteiger partial charge in [0.15, 0.2) is 0 Å². The van der Waals surface area contributed by atoms with Gasteiger partial charge in [-0.25, -0.2) is 0 Å². The van der Waals surface area contributed by atoms with Crippen LogP contribution in [-0.2, 0) is 4.79 Å². The summed E-state index contributed by atoms with van der Waals surface area (Å²) >= 11 is 3.51. The maximum Gasteiger partial charge on any atom is 0.236 e. The summed E-state index contributed by atoms with van der Waals surface area (Å²) in [6.45, 7) is 9.83. The van der Waals surface area contributed by atoms with Gasteiger partial charge < -0.3 is 9.80 Å². The first kappa shape index (κ1) is 16.0. The normalized spacial score (nSPS) is 20.1. The molecule has 0 aliphatic carbocycles. The van der Waals surface area contributed by atoms with Gasteiger partial charge in [-0.2, -0.15) is 0 Å². The van der Waals surface area contributed by atoms with Gasteiger partial charge in [-0.05, 0) is 31.7 Å². The number of piperidine rings is 1. The van der Waals surface area contributed by atoms with Crippen molar-refractivity contribution in [3.05, 3.63) is 0 Å². The standard InChI is InChI=1S/C14H27BrN2O/c1-5-8-17-9-6-12(7-10-17)16(4)14(18)13(15)11(2)3/h11-13H,5-10H2,1-4H3. The molecule has 1 aliphatic heterocycles. The number of nitrogens with zero attached hydrogens (tertiary/aromatic N) is 2. The summed E-state index contributed by atoms with van der Waals surface area (Å²) in [4.78, 5) is 16.7. The Hall–Kier alpha value is -0.0900. The van der Waals surface area contributed by atoms with Crippen molar-refractivity contribution in [1.82, 2.24) is 9.80 Å². The van der Waals surface area contributed by atoms with Crippen LogP contribution in [0.15, 0.2) is 0 Å². The smallest absolute Gasteiger partial charge is 0.236 e. The van der Waals surface area contributed by atoms with Gasteiger partial charge in [-0.15, -0.1) is 0 Å². The van der Waals surface area contributed by atoms with Gasteiger partial charge in [-0.3, -0.25) is 4.79 Å². The van der Waals surface area contributed by atoms with Crippen LogP contribution in [0.1, 0.15) is 40.0 Å². The van der Waals surface area contributed by atoms with Crippen LogP contribution >= 0.6 is 15.9 Å². The summed E-state index contributed by atoms with van der Waals surface area (Å²) in [6, 6.07) is 0.421. The topological polar surface area (TPSA) is 23.6 Å². The first-order chi connectivity index (χ1) is 8.47. The van der Waals surface area contributed by atoms with Crippen LogP contribution < -0.4 is 0 Å². The van der Waals surface area contributed by atoms with E-state index < -0.39 is 0 Å². The molecule has 1 aliphatic rings. The molecule has 4 heteroatoms. The molecule has 1 atom stereocenters. The number of likely N-dealkylation sites (tertiary alicyclic amines) is 1. The van der Waals surface area contributed by atoms with Crippen molar-refractivity contribution in [3.8, 4) is 0 Å². The van der Waals surface area contributed by atoms with Crippen molar-refractivity contribution in [3.63, 3.8) is 0 Å². The highest BCUT2D eigenvalue weighted by molar-refractivity contribution is 9.10. The molecule has 3 nitrogen and oxygen atoms in total. The summed E-state index contributed by atoms with van der Waals surface area (Å²) in [5.74, 6) is 0.582. The van der Waals surface area contributed by atoms with E-state index in [1.54, 1.807) is 0 Å². The van der Waals surface area contributed by atoms with Crippen molar-refractivity contribution < 1.29 is 4.79 Å². The fourth-order valence-electron chi connectivity index (χ4n) is 2.51. The molecule has 1 saturated heterocycles. The van der Waals surface area contributed by atoms with Crippen LogP contribution in [-0.4, -0.2) is 53.3 Å². The minimum absolute atomic E-state index is 0.0452. The predicted molar refractivity (Wildman–Crippen MR) is 80.1 cm³/mol. The van der Waals surface area contributed by atoms with E-state index in [0.29, 0.717) is 12.0 Å². The third-order valence-corrected chi connectivity index (χ3v) is 5.26. The molecule has 1 rings (SSSR count). The molecule has 18 heavy (non-hydrogen) atoms. The number of halogens is 1. The predicted octanol–water partition coefficient (Wildman–Crippen LogP) is 2.74. The molecule has 0 aromatic carbocycles. The van der Waals surface area contributed by atoms with Crippen molar-refractivity contribution in [2.75, 3.05) is 26.7 Å². The second-order valence-electron chi connectivity index (χ2n) is 5.67. The summed E-state index contributed by atoms with van der Waals surface area (Å²) in [7, 11) is 1.96. The van der Waals surface area contributed by atoms with Gasteiger partial charge in [0.1, 0.15) is 0 Å². The van der Waals surface area contributed by atoms with Crippen molar-refractivity contribution in [2.45, 2.75) is 50.9 Å². The Balaban J connectivity index is 2.44. The monoisotopic (exact) mass is 318 g/mol. The van der Waals surface area contributed by atoms with Crippen LogP contribution in [0.2, 0.25) is 0 Å². The molecule has 1 amide bonds. The van der Waals surface area contributed by atoms with E-state index in [2.05, 4.69) is 41.6 Å². The van der Waals surface area contributed by atoms with Crippen molar-refractivity contribution in [1.29, 1.82) is 0 Å². The Bertz CT molecular complexity index is 263. The molecule has 1 unspecified atom stereocenters. The van der Waals surface area contributed by atoms with Gasteiger partial charge in [0.2, 0.25) is 5.91 Å². The fourth-order valence-corrected chi connectivity index (χ4v) is 2.83. The van der Waals surface area contributed by atoms with Crippen molar-refractivity contribution in [2.24, 2.45) is 5.92 Å². The summed E-state index contributed by atoms with van der Waals surface area (Å²) in [6.07, 6.45) is 3.44. The summed E-state index contributed by atoms with van der Waals surface area (Å²) in [5.41, 5.74) is 0. The highest BCUT2D eigenvalue weighted by Gasteiger charge is 2.29. The van der Waals surface area contributed by atoms with E-state index in [1.165, 1.54) is 13.0 Å². The van der Waals surface area contributed by atoms with Gasteiger partial charge in [-0.1, -0.05) is 36.7 Å². The van der Waals surface area contributed by atoms with Crippen LogP contribution in [0, 0.1) is 5.92 Å². The molecule has 0 saturated carbocycles. The van der Waals surface area contributed by atoms with Gasteiger partial charge in [0, 0.05) is 26.2 Å². The molecule has 0 spiro atoms. The van der Waals surface area contributed by atoms with E-state index in [1.807, 2.05) is 11.9 Å². The molecule has 0 aromatic heterocycles. The first-order valence-electron chi connectivity index (χ1n) is 7.10. The Morgan fingerprint density at radius 1 is 1.39 bits per heavy atom. The third-order valence-electron chi connectivity index (χ3n) is 3.81. The maximum atomic E-state index is 12.3. The van der Waals surface area contributed by atoms with E-state index in [-0.39, 0.29) is 10.7 Å². The maximum absolute atomic E-state index is 12.3. The van der Waals surface area contributed by atoms with Gasteiger partial charge in [0.25, 0.3) is 0 Å². The second kappa shape index (κ2) is 7.49. The largest absolute Gasteiger partial charge is 0.342 e. The quantitative estimate of drug-likeness (QED) is 0.728. The van der Waals surface area contributed by atoms with Crippen LogP contribution in [0.3, 0.4) is 0 Å². The average molecular weight is 319 g/mol. The van der Waals surface area contributed by atoms with Crippen LogP contribution in [0.5, 0.6) is 0 Å². The third kappa shape index (κ3) is 4.23. The first-order valence-corrected chi connectivity index (χ1v) is 8.02. The average Bonchev–Trinajstić information content (AvgIpc) is 2.37. The number of hydrogen-bond donors (Lipinski definition) is 0. The number of carbonyl (C=O) groups excluding carboxylic acids is 1. The van der Waals surface area contributed by atoms with Crippen LogP contribution in [0.4, 0.5) is 0 Å². The fraction of sp³-hybridized carbons (Fsp3) is 0.929. The lowest BCUT2D eigenvalue weighted by Gasteiger charge is -2.37. The molecule has 0 N–H and O–H groups in total. The molecule has 1 fully saturated rings. The zero-order chi connectivity index (χ0) is 13.7. The minimum Gasteiger partial charge on any atom is -0.342 e.